The van der Waals surface area contributed by atoms with Gasteiger partial charge >= 0.3 is 0 Å². The number of allylic oxidation sites excluding steroid dienone is 5. The van der Waals surface area contributed by atoms with Crippen molar-refractivity contribution in [1.82, 2.24) is 0 Å². The summed E-state index contributed by atoms with van der Waals surface area (Å²) in [4.78, 5) is 2.36. The maximum absolute atomic E-state index is 6.29. The summed E-state index contributed by atoms with van der Waals surface area (Å²) in [7, 11) is 0. The minimum Gasteiger partial charge on any atom is -0.456 e. The molecule has 9 aromatic rings. The summed E-state index contributed by atoms with van der Waals surface area (Å²) in [6.07, 6.45) is 6.31. The van der Waals surface area contributed by atoms with E-state index in [2.05, 4.69) is 220 Å². The van der Waals surface area contributed by atoms with Crippen LogP contribution in [0.2, 0.25) is 0 Å². The lowest BCUT2D eigenvalue weighted by Crippen LogP contribution is -2.40. The molecule has 0 radical (unpaired) electrons. The molecule has 0 aliphatic heterocycles. The van der Waals surface area contributed by atoms with Crippen LogP contribution in [0.3, 0.4) is 0 Å². The molecule has 1 aromatic heterocycles. The second-order valence-electron chi connectivity index (χ2n) is 16.9. The quantitative estimate of drug-likeness (QED) is 0.150. The van der Waals surface area contributed by atoms with E-state index in [1.165, 1.54) is 55.7 Å². The minimum absolute atomic E-state index is 0.300. The summed E-state index contributed by atoms with van der Waals surface area (Å²) in [6, 6.07) is 68.4. The van der Waals surface area contributed by atoms with Crippen molar-refractivity contribution in [2.75, 3.05) is 4.90 Å². The molecule has 1 heterocycles. The molecule has 8 aromatic carbocycles. The molecular weight excluding hydrogens is 739 g/mol. The number of hydrogen-bond donors (Lipinski definition) is 0. The third kappa shape index (κ3) is 5.42. The van der Waals surface area contributed by atoms with E-state index in [9.17, 15) is 0 Å². The van der Waals surface area contributed by atoms with Gasteiger partial charge in [0.15, 0.2) is 0 Å². The van der Waals surface area contributed by atoms with Gasteiger partial charge in [-0.2, -0.15) is 0 Å². The maximum atomic E-state index is 6.29. The van der Waals surface area contributed by atoms with Crippen molar-refractivity contribution in [2.24, 2.45) is 0 Å². The molecule has 1 spiro atoms. The zero-order valence-electron chi connectivity index (χ0n) is 34.7. The topological polar surface area (TPSA) is 16.4 Å². The van der Waals surface area contributed by atoms with E-state index in [1.807, 2.05) is 18.2 Å². The second-order valence-corrected chi connectivity index (χ2v) is 16.9. The molecule has 61 heavy (non-hydrogen) atoms. The van der Waals surface area contributed by atoms with Gasteiger partial charge in [-0.15, -0.1) is 0 Å². The number of hydrogen-bond acceptors (Lipinski definition) is 2. The monoisotopic (exact) mass is 783 g/mol. The van der Waals surface area contributed by atoms with Crippen LogP contribution in [0.25, 0.3) is 55.3 Å². The molecule has 0 saturated carbocycles. The molecule has 0 unspecified atom stereocenters. The normalized spacial score (nSPS) is 14.7. The predicted molar refractivity (Wildman–Crippen MR) is 256 cm³/mol. The van der Waals surface area contributed by atoms with Crippen LogP contribution in [-0.2, 0) is 10.8 Å². The summed E-state index contributed by atoms with van der Waals surface area (Å²) in [5.41, 5.74) is 19.8. The highest BCUT2D eigenvalue weighted by Gasteiger charge is 2.53. The van der Waals surface area contributed by atoms with Crippen molar-refractivity contribution in [3.63, 3.8) is 0 Å². The molecule has 0 bridgehead atoms. The fourth-order valence-corrected chi connectivity index (χ4v) is 10.9. The first-order valence-corrected chi connectivity index (χ1v) is 21.2. The lowest BCUT2D eigenvalue weighted by atomic mass is 9.54. The van der Waals surface area contributed by atoms with E-state index in [1.54, 1.807) is 0 Å². The number of para-hydroxylation sites is 2. The summed E-state index contributed by atoms with van der Waals surface area (Å²) in [5.74, 6) is 0. The highest BCUT2D eigenvalue weighted by atomic mass is 16.3. The van der Waals surface area contributed by atoms with Gasteiger partial charge in [-0.3, -0.25) is 0 Å². The second kappa shape index (κ2) is 14.1. The van der Waals surface area contributed by atoms with Gasteiger partial charge < -0.3 is 9.32 Å². The Bertz CT molecular complexity index is 3200. The molecule has 2 aliphatic rings. The Balaban J connectivity index is 1.07. The maximum Gasteiger partial charge on any atom is 0.136 e. The summed E-state index contributed by atoms with van der Waals surface area (Å²) in [6.45, 7) is 11.2. The van der Waals surface area contributed by atoms with Crippen LogP contribution < -0.4 is 4.90 Å². The van der Waals surface area contributed by atoms with Crippen LogP contribution in [0.4, 0.5) is 17.1 Å². The van der Waals surface area contributed by atoms with Gasteiger partial charge in [0.05, 0.1) is 5.41 Å². The Morgan fingerprint density at radius 3 is 1.84 bits per heavy atom. The van der Waals surface area contributed by atoms with E-state index < -0.39 is 5.41 Å². The SMILES string of the molecule is C=C/C=C\C1=C(C)C2(c3ccccc3-c3ccccc32)c2cccc(-c3ccc(N(c4ccccc4)c4cccc(-c5cccc6oc7ccccc7c56)c4)cc3)c2C1(C)C. The number of anilines is 3. The molecule has 2 heteroatoms. The van der Waals surface area contributed by atoms with Crippen molar-refractivity contribution < 1.29 is 4.42 Å². The Morgan fingerprint density at radius 2 is 1.08 bits per heavy atom. The van der Waals surface area contributed by atoms with Crippen molar-refractivity contribution >= 4 is 39.0 Å². The lowest BCUT2D eigenvalue weighted by molar-refractivity contribution is 0.559. The van der Waals surface area contributed by atoms with Gasteiger partial charge in [-0.25, -0.2) is 0 Å². The third-order valence-electron chi connectivity index (χ3n) is 13.4. The van der Waals surface area contributed by atoms with Gasteiger partial charge in [-0.05, 0) is 122 Å². The Hall–Kier alpha value is -7.42. The number of nitrogens with zero attached hydrogens (tertiary/aromatic N) is 1. The van der Waals surface area contributed by atoms with E-state index in [0.717, 1.165) is 50.1 Å². The molecule has 0 fully saturated rings. The van der Waals surface area contributed by atoms with Crippen LogP contribution in [0, 0.1) is 0 Å². The molecular formula is C59H45NO. The number of benzene rings is 8. The molecule has 11 rings (SSSR count). The van der Waals surface area contributed by atoms with Crippen LogP contribution in [0.1, 0.15) is 43.0 Å². The summed E-state index contributed by atoms with van der Waals surface area (Å²) in [5, 5.41) is 2.27. The van der Waals surface area contributed by atoms with Crippen molar-refractivity contribution in [3.05, 3.63) is 246 Å². The van der Waals surface area contributed by atoms with Crippen molar-refractivity contribution in [2.45, 2.75) is 31.6 Å². The van der Waals surface area contributed by atoms with Crippen molar-refractivity contribution in [3.8, 4) is 33.4 Å². The van der Waals surface area contributed by atoms with Crippen LogP contribution >= 0.6 is 0 Å². The highest BCUT2D eigenvalue weighted by molar-refractivity contribution is 6.12. The molecule has 0 N–H and O–H groups in total. The zero-order chi connectivity index (χ0) is 41.3. The van der Waals surface area contributed by atoms with Gasteiger partial charge in [0, 0.05) is 33.2 Å². The van der Waals surface area contributed by atoms with Crippen LogP contribution in [0.15, 0.2) is 228 Å². The molecule has 292 valence electrons. The average molecular weight is 784 g/mol. The van der Waals surface area contributed by atoms with E-state index >= 15 is 0 Å². The lowest BCUT2D eigenvalue weighted by Gasteiger charge is -2.47. The molecule has 0 saturated heterocycles. The molecule has 0 amide bonds. The number of rotatable bonds is 7. The van der Waals surface area contributed by atoms with Gasteiger partial charge in [-0.1, -0.05) is 178 Å². The minimum atomic E-state index is -0.433. The van der Waals surface area contributed by atoms with E-state index in [0.29, 0.717) is 0 Å². The standard InChI is InChI=1S/C59H45NO/c1-5-6-28-50-39(2)59(51-29-13-10-23-47(51)48-24-11-14-30-52(48)59)53-31-17-27-46(57(53)58(50,3)4)40-34-36-43(37-35-40)60(42-20-8-7-9-21-42)44-22-16-19-41(38-44)45-26-18-33-55-56(45)49-25-12-15-32-54(49)61-55/h5-38H,1H2,2-4H3/b28-6-. The Kier molecular flexibility index (Phi) is 8.47. The molecule has 0 atom stereocenters. The van der Waals surface area contributed by atoms with Gasteiger partial charge in [0.1, 0.15) is 11.2 Å². The fourth-order valence-electron chi connectivity index (χ4n) is 10.9. The Labute approximate surface area is 358 Å². The van der Waals surface area contributed by atoms with E-state index in [-0.39, 0.29) is 5.41 Å². The Morgan fingerprint density at radius 1 is 0.508 bits per heavy atom. The first kappa shape index (κ1) is 36.6. The zero-order valence-corrected chi connectivity index (χ0v) is 34.7. The number of fused-ring (bicyclic) bond motifs is 10. The van der Waals surface area contributed by atoms with E-state index in [4.69, 9.17) is 4.42 Å². The van der Waals surface area contributed by atoms with Gasteiger partial charge in [0.2, 0.25) is 0 Å². The summed E-state index contributed by atoms with van der Waals surface area (Å²) < 4.78 is 6.29. The summed E-state index contributed by atoms with van der Waals surface area (Å²) >= 11 is 0. The van der Waals surface area contributed by atoms with Crippen LogP contribution in [0.5, 0.6) is 0 Å². The third-order valence-corrected chi connectivity index (χ3v) is 13.4. The molecule has 2 aliphatic carbocycles. The number of furan rings is 1. The smallest absolute Gasteiger partial charge is 0.136 e. The van der Waals surface area contributed by atoms with Crippen LogP contribution in [-0.4, -0.2) is 0 Å². The largest absolute Gasteiger partial charge is 0.456 e. The van der Waals surface area contributed by atoms with Gasteiger partial charge in [0.25, 0.3) is 0 Å². The first-order chi connectivity index (χ1) is 29.9. The predicted octanol–water partition coefficient (Wildman–Crippen LogP) is 16.1. The highest BCUT2D eigenvalue weighted by Crippen LogP contribution is 2.63. The molecule has 2 nitrogen and oxygen atoms in total. The average Bonchev–Trinajstić information content (AvgIpc) is 3.83. The fraction of sp³-hybridized carbons (Fsp3) is 0.0847. The first-order valence-electron chi connectivity index (χ1n) is 21.2. The van der Waals surface area contributed by atoms with Crippen molar-refractivity contribution in [1.29, 1.82) is 0 Å².